The van der Waals surface area contributed by atoms with Crippen LogP contribution in [0.3, 0.4) is 0 Å². The molecule has 1 unspecified atom stereocenters. The average molecular weight is 356 g/mol. The second-order valence-electron chi connectivity index (χ2n) is 5.33. The number of methoxy groups -OCH3 is 1. The Hall–Kier alpha value is -1.56. The Morgan fingerprint density at radius 2 is 2.09 bits per heavy atom. The normalized spacial score (nSPS) is 12.2. The van der Waals surface area contributed by atoms with E-state index in [9.17, 15) is 4.79 Å². The van der Waals surface area contributed by atoms with E-state index in [1.807, 2.05) is 25.1 Å². The molecule has 1 amide bonds. The first-order chi connectivity index (χ1) is 10.9. The minimum Gasteiger partial charge on any atom is -0.383 e. The SMILES string of the molecule is COCC(C)NC(=O)c1c(C)nn(Cc2ccccc2Cl)c1Cl. The largest absolute Gasteiger partial charge is 0.383 e. The van der Waals surface area contributed by atoms with E-state index in [4.69, 9.17) is 27.9 Å². The summed E-state index contributed by atoms with van der Waals surface area (Å²) in [6.45, 7) is 4.44. The monoisotopic (exact) mass is 355 g/mol. The second kappa shape index (κ2) is 7.81. The molecule has 1 atom stereocenters. The van der Waals surface area contributed by atoms with Gasteiger partial charge in [-0.2, -0.15) is 5.10 Å². The van der Waals surface area contributed by atoms with Crippen LogP contribution in [0.15, 0.2) is 24.3 Å². The molecule has 0 fully saturated rings. The molecule has 7 heteroatoms. The van der Waals surface area contributed by atoms with Crippen molar-refractivity contribution in [2.75, 3.05) is 13.7 Å². The van der Waals surface area contributed by atoms with Crippen LogP contribution in [-0.4, -0.2) is 35.4 Å². The molecule has 0 saturated heterocycles. The van der Waals surface area contributed by atoms with Gasteiger partial charge in [0.25, 0.3) is 5.91 Å². The first-order valence-electron chi connectivity index (χ1n) is 7.20. The number of hydrogen-bond acceptors (Lipinski definition) is 3. The van der Waals surface area contributed by atoms with Crippen LogP contribution in [-0.2, 0) is 11.3 Å². The van der Waals surface area contributed by atoms with Crippen molar-refractivity contribution in [2.45, 2.75) is 26.4 Å². The van der Waals surface area contributed by atoms with Crippen LogP contribution in [0.1, 0.15) is 28.5 Å². The molecule has 1 aromatic heterocycles. The highest BCUT2D eigenvalue weighted by Gasteiger charge is 2.21. The van der Waals surface area contributed by atoms with Gasteiger partial charge < -0.3 is 10.1 Å². The number of benzene rings is 1. The molecular weight excluding hydrogens is 337 g/mol. The molecule has 0 aliphatic carbocycles. The summed E-state index contributed by atoms with van der Waals surface area (Å²) in [5, 5.41) is 8.13. The molecule has 5 nitrogen and oxygen atoms in total. The molecule has 23 heavy (non-hydrogen) atoms. The van der Waals surface area contributed by atoms with E-state index in [-0.39, 0.29) is 11.9 Å². The zero-order valence-corrected chi connectivity index (χ0v) is 14.8. The molecule has 124 valence electrons. The van der Waals surface area contributed by atoms with Crippen LogP contribution in [0.5, 0.6) is 0 Å². The zero-order valence-electron chi connectivity index (χ0n) is 13.3. The summed E-state index contributed by atoms with van der Waals surface area (Å²) in [6, 6.07) is 7.34. The number of ether oxygens (including phenoxy) is 1. The van der Waals surface area contributed by atoms with Gasteiger partial charge in [-0.05, 0) is 25.5 Å². The number of carbonyl (C=O) groups excluding carboxylic acids is 1. The van der Waals surface area contributed by atoms with Crippen molar-refractivity contribution in [3.05, 3.63) is 51.3 Å². The van der Waals surface area contributed by atoms with Gasteiger partial charge in [0.1, 0.15) is 5.15 Å². The molecule has 0 aliphatic heterocycles. The topological polar surface area (TPSA) is 56.1 Å². The summed E-state index contributed by atoms with van der Waals surface area (Å²) in [7, 11) is 1.59. The maximum absolute atomic E-state index is 12.4. The van der Waals surface area contributed by atoms with Crippen LogP contribution in [0.2, 0.25) is 10.2 Å². The Labute approximate surface area is 145 Å². The van der Waals surface area contributed by atoms with E-state index in [1.54, 1.807) is 24.8 Å². The van der Waals surface area contributed by atoms with Gasteiger partial charge in [0.2, 0.25) is 0 Å². The summed E-state index contributed by atoms with van der Waals surface area (Å²) in [5.41, 5.74) is 1.84. The highest BCUT2D eigenvalue weighted by atomic mass is 35.5. The maximum Gasteiger partial charge on any atom is 0.256 e. The third kappa shape index (κ3) is 4.25. The second-order valence-corrected chi connectivity index (χ2v) is 6.10. The predicted molar refractivity (Wildman–Crippen MR) is 91.3 cm³/mol. The van der Waals surface area contributed by atoms with Crippen LogP contribution >= 0.6 is 23.2 Å². The first kappa shape index (κ1) is 17.8. The summed E-state index contributed by atoms with van der Waals surface area (Å²) < 4.78 is 6.59. The van der Waals surface area contributed by atoms with Gasteiger partial charge in [-0.25, -0.2) is 4.68 Å². The molecule has 1 N–H and O–H groups in total. The van der Waals surface area contributed by atoms with E-state index in [1.165, 1.54) is 0 Å². The average Bonchev–Trinajstić information content (AvgIpc) is 2.76. The standard InChI is InChI=1S/C16H19Cl2N3O2/c1-10(9-23-3)19-16(22)14-11(2)20-21(15(14)18)8-12-6-4-5-7-13(12)17/h4-7,10H,8-9H2,1-3H3,(H,19,22). The van der Waals surface area contributed by atoms with Crippen LogP contribution in [0, 0.1) is 6.92 Å². The van der Waals surface area contributed by atoms with Crippen LogP contribution in [0.25, 0.3) is 0 Å². The lowest BCUT2D eigenvalue weighted by Gasteiger charge is -2.12. The molecule has 1 aromatic carbocycles. The molecule has 0 spiro atoms. The van der Waals surface area contributed by atoms with Crippen molar-refractivity contribution < 1.29 is 9.53 Å². The third-order valence-corrected chi connectivity index (χ3v) is 4.12. The lowest BCUT2D eigenvalue weighted by Crippen LogP contribution is -2.35. The number of carbonyl (C=O) groups is 1. The molecule has 2 aromatic rings. The molecule has 0 bridgehead atoms. The summed E-state index contributed by atoms with van der Waals surface area (Å²) in [6.07, 6.45) is 0. The molecule has 1 heterocycles. The Morgan fingerprint density at radius 1 is 1.39 bits per heavy atom. The van der Waals surface area contributed by atoms with Gasteiger partial charge in [0.05, 0.1) is 24.4 Å². The van der Waals surface area contributed by atoms with Crippen molar-refractivity contribution in [2.24, 2.45) is 0 Å². The quantitative estimate of drug-likeness (QED) is 0.864. The van der Waals surface area contributed by atoms with E-state index in [0.717, 1.165) is 5.56 Å². The Balaban J connectivity index is 2.22. The summed E-state index contributed by atoms with van der Waals surface area (Å²) in [4.78, 5) is 12.4. The van der Waals surface area contributed by atoms with Crippen molar-refractivity contribution >= 4 is 29.1 Å². The lowest BCUT2D eigenvalue weighted by molar-refractivity contribution is 0.0905. The minimum absolute atomic E-state index is 0.116. The number of amides is 1. The van der Waals surface area contributed by atoms with E-state index in [0.29, 0.717) is 34.6 Å². The summed E-state index contributed by atoms with van der Waals surface area (Å²) >= 11 is 12.5. The maximum atomic E-state index is 12.4. The van der Waals surface area contributed by atoms with Crippen molar-refractivity contribution in [1.29, 1.82) is 0 Å². The first-order valence-corrected chi connectivity index (χ1v) is 7.95. The summed E-state index contributed by atoms with van der Waals surface area (Å²) in [5.74, 6) is -0.262. The molecular formula is C16H19Cl2N3O2. The minimum atomic E-state index is -0.262. The zero-order chi connectivity index (χ0) is 17.0. The number of aryl methyl sites for hydroxylation is 1. The van der Waals surface area contributed by atoms with Crippen molar-refractivity contribution in [3.63, 3.8) is 0 Å². The van der Waals surface area contributed by atoms with Gasteiger partial charge in [0, 0.05) is 18.2 Å². The number of nitrogens with zero attached hydrogens (tertiary/aromatic N) is 2. The van der Waals surface area contributed by atoms with Crippen molar-refractivity contribution in [1.82, 2.24) is 15.1 Å². The van der Waals surface area contributed by atoms with Gasteiger partial charge >= 0.3 is 0 Å². The molecule has 0 saturated carbocycles. The number of aromatic nitrogens is 2. The Bertz CT molecular complexity index is 701. The molecule has 0 aliphatic rings. The Kier molecular flexibility index (Phi) is 6.04. The molecule has 0 radical (unpaired) electrons. The van der Waals surface area contributed by atoms with Crippen LogP contribution < -0.4 is 5.32 Å². The highest BCUT2D eigenvalue weighted by molar-refractivity contribution is 6.33. The smallest absolute Gasteiger partial charge is 0.256 e. The fourth-order valence-electron chi connectivity index (χ4n) is 2.29. The molecule has 2 rings (SSSR count). The fourth-order valence-corrected chi connectivity index (χ4v) is 2.81. The highest BCUT2D eigenvalue weighted by Crippen LogP contribution is 2.23. The number of nitrogens with one attached hydrogen (secondary N) is 1. The van der Waals surface area contributed by atoms with E-state index < -0.39 is 0 Å². The number of hydrogen-bond donors (Lipinski definition) is 1. The fraction of sp³-hybridized carbons (Fsp3) is 0.375. The number of rotatable bonds is 6. The predicted octanol–water partition coefficient (Wildman–Crippen LogP) is 3.31. The van der Waals surface area contributed by atoms with E-state index in [2.05, 4.69) is 10.4 Å². The van der Waals surface area contributed by atoms with Gasteiger partial charge in [-0.1, -0.05) is 41.4 Å². The number of halogens is 2. The lowest BCUT2D eigenvalue weighted by atomic mass is 10.2. The van der Waals surface area contributed by atoms with Crippen LogP contribution in [0.4, 0.5) is 0 Å². The third-order valence-electron chi connectivity index (χ3n) is 3.36. The van der Waals surface area contributed by atoms with E-state index >= 15 is 0 Å². The Morgan fingerprint density at radius 3 is 2.74 bits per heavy atom. The van der Waals surface area contributed by atoms with Crippen molar-refractivity contribution in [3.8, 4) is 0 Å². The van der Waals surface area contributed by atoms with Gasteiger partial charge in [0.15, 0.2) is 0 Å². The van der Waals surface area contributed by atoms with Gasteiger partial charge in [-0.3, -0.25) is 4.79 Å². The van der Waals surface area contributed by atoms with Gasteiger partial charge in [-0.15, -0.1) is 0 Å².